The number of rotatable bonds is 3. The Hall–Kier alpha value is -2.23. The van der Waals surface area contributed by atoms with Gasteiger partial charge in [-0.2, -0.15) is 0 Å². The van der Waals surface area contributed by atoms with E-state index in [1.54, 1.807) is 19.4 Å². The standard InChI is InChI=1S/C15H16N2O2/c1-9-7-10(2)14(19-4)12(8-9)13-5-6-16-15(17-13)11(3)18/h5-8H,1-4H3. The number of aromatic nitrogens is 2. The van der Waals surface area contributed by atoms with Crippen LogP contribution in [0.3, 0.4) is 0 Å². The van der Waals surface area contributed by atoms with Crippen LogP contribution in [-0.4, -0.2) is 22.9 Å². The van der Waals surface area contributed by atoms with E-state index in [0.717, 1.165) is 22.4 Å². The minimum atomic E-state index is -0.148. The highest BCUT2D eigenvalue weighted by Crippen LogP contribution is 2.32. The van der Waals surface area contributed by atoms with Crippen molar-refractivity contribution in [1.82, 2.24) is 9.97 Å². The maximum absolute atomic E-state index is 11.4. The van der Waals surface area contributed by atoms with Crippen LogP contribution >= 0.6 is 0 Å². The molecule has 0 radical (unpaired) electrons. The predicted octanol–water partition coefficient (Wildman–Crippen LogP) is 2.97. The van der Waals surface area contributed by atoms with Crippen molar-refractivity contribution in [3.8, 4) is 17.0 Å². The summed E-state index contributed by atoms with van der Waals surface area (Å²) >= 11 is 0. The van der Waals surface area contributed by atoms with Crippen molar-refractivity contribution in [3.05, 3.63) is 41.3 Å². The third-order valence-corrected chi connectivity index (χ3v) is 2.87. The Bertz CT molecular complexity index is 636. The monoisotopic (exact) mass is 256 g/mol. The summed E-state index contributed by atoms with van der Waals surface area (Å²) in [6, 6.07) is 5.83. The average Bonchev–Trinajstić information content (AvgIpc) is 2.38. The first-order valence-electron chi connectivity index (χ1n) is 6.02. The van der Waals surface area contributed by atoms with Crippen molar-refractivity contribution in [2.24, 2.45) is 0 Å². The van der Waals surface area contributed by atoms with E-state index in [4.69, 9.17) is 4.74 Å². The van der Waals surface area contributed by atoms with Crippen molar-refractivity contribution in [2.45, 2.75) is 20.8 Å². The van der Waals surface area contributed by atoms with Crippen LogP contribution in [0.4, 0.5) is 0 Å². The fourth-order valence-corrected chi connectivity index (χ4v) is 2.09. The Morgan fingerprint density at radius 3 is 2.63 bits per heavy atom. The van der Waals surface area contributed by atoms with Gasteiger partial charge in [0, 0.05) is 18.7 Å². The number of Topliss-reactive ketones (excluding diaryl/α,β-unsaturated/α-hetero) is 1. The summed E-state index contributed by atoms with van der Waals surface area (Å²) in [4.78, 5) is 19.6. The minimum Gasteiger partial charge on any atom is -0.496 e. The molecule has 0 aliphatic carbocycles. The predicted molar refractivity (Wildman–Crippen MR) is 73.5 cm³/mol. The van der Waals surface area contributed by atoms with Gasteiger partial charge >= 0.3 is 0 Å². The zero-order valence-electron chi connectivity index (χ0n) is 11.5. The van der Waals surface area contributed by atoms with Crippen molar-refractivity contribution in [3.63, 3.8) is 0 Å². The molecule has 4 nitrogen and oxygen atoms in total. The van der Waals surface area contributed by atoms with Gasteiger partial charge in [0.1, 0.15) is 5.75 Å². The van der Waals surface area contributed by atoms with Gasteiger partial charge in [-0.05, 0) is 37.1 Å². The molecule has 0 N–H and O–H groups in total. The summed E-state index contributed by atoms with van der Waals surface area (Å²) in [5.74, 6) is 0.850. The van der Waals surface area contributed by atoms with Crippen molar-refractivity contribution in [2.75, 3.05) is 7.11 Å². The zero-order valence-corrected chi connectivity index (χ0v) is 11.5. The van der Waals surface area contributed by atoms with E-state index in [2.05, 4.69) is 16.0 Å². The van der Waals surface area contributed by atoms with Crippen molar-refractivity contribution in [1.29, 1.82) is 0 Å². The average molecular weight is 256 g/mol. The van der Waals surface area contributed by atoms with Crippen molar-refractivity contribution < 1.29 is 9.53 Å². The quantitative estimate of drug-likeness (QED) is 0.792. The van der Waals surface area contributed by atoms with E-state index in [-0.39, 0.29) is 11.6 Å². The number of hydrogen-bond acceptors (Lipinski definition) is 4. The van der Waals surface area contributed by atoms with E-state index >= 15 is 0 Å². The van der Waals surface area contributed by atoms with Gasteiger partial charge in [-0.1, -0.05) is 6.07 Å². The first-order chi connectivity index (χ1) is 9.02. The highest BCUT2D eigenvalue weighted by molar-refractivity contribution is 5.90. The molecule has 0 bridgehead atoms. The van der Waals surface area contributed by atoms with Gasteiger partial charge in [-0.25, -0.2) is 9.97 Å². The van der Waals surface area contributed by atoms with Gasteiger partial charge in [0.2, 0.25) is 0 Å². The number of methoxy groups -OCH3 is 1. The van der Waals surface area contributed by atoms with Crippen LogP contribution in [-0.2, 0) is 0 Å². The Morgan fingerprint density at radius 1 is 1.26 bits per heavy atom. The van der Waals surface area contributed by atoms with Gasteiger partial charge < -0.3 is 4.74 Å². The molecular formula is C15H16N2O2. The topological polar surface area (TPSA) is 52.1 Å². The summed E-state index contributed by atoms with van der Waals surface area (Å²) in [6.07, 6.45) is 1.59. The molecule has 0 spiro atoms. The summed E-state index contributed by atoms with van der Waals surface area (Å²) in [5.41, 5.74) is 3.74. The van der Waals surface area contributed by atoms with E-state index in [0.29, 0.717) is 5.69 Å². The number of aryl methyl sites for hydroxylation is 2. The summed E-state index contributed by atoms with van der Waals surface area (Å²) in [6.45, 7) is 5.46. The molecule has 1 aromatic heterocycles. The minimum absolute atomic E-state index is 0.148. The zero-order chi connectivity index (χ0) is 14.0. The third-order valence-electron chi connectivity index (χ3n) is 2.87. The first kappa shape index (κ1) is 13.2. The molecule has 2 aromatic rings. The summed E-state index contributed by atoms with van der Waals surface area (Å²) in [5, 5.41) is 0. The molecule has 1 heterocycles. The molecule has 0 saturated carbocycles. The number of carbonyl (C=O) groups excluding carboxylic acids is 1. The highest BCUT2D eigenvalue weighted by Gasteiger charge is 2.12. The van der Waals surface area contributed by atoms with Crippen LogP contribution in [0.1, 0.15) is 28.7 Å². The smallest absolute Gasteiger partial charge is 0.196 e. The number of carbonyl (C=O) groups is 1. The maximum atomic E-state index is 11.4. The van der Waals surface area contributed by atoms with Crippen LogP contribution in [0.2, 0.25) is 0 Å². The molecule has 19 heavy (non-hydrogen) atoms. The SMILES string of the molecule is COc1c(C)cc(C)cc1-c1ccnc(C(C)=O)n1. The Labute approximate surface area is 112 Å². The van der Waals surface area contributed by atoms with E-state index < -0.39 is 0 Å². The molecule has 0 saturated heterocycles. The Kier molecular flexibility index (Phi) is 3.60. The van der Waals surface area contributed by atoms with Gasteiger partial charge in [0.05, 0.1) is 12.8 Å². The van der Waals surface area contributed by atoms with Gasteiger partial charge in [-0.3, -0.25) is 4.79 Å². The fraction of sp³-hybridized carbons (Fsp3) is 0.267. The largest absolute Gasteiger partial charge is 0.496 e. The van der Waals surface area contributed by atoms with Crippen LogP contribution in [0, 0.1) is 13.8 Å². The lowest BCUT2D eigenvalue weighted by Gasteiger charge is -2.12. The maximum Gasteiger partial charge on any atom is 0.196 e. The number of benzene rings is 1. The fourth-order valence-electron chi connectivity index (χ4n) is 2.09. The van der Waals surface area contributed by atoms with E-state index in [1.807, 2.05) is 19.9 Å². The van der Waals surface area contributed by atoms with Crippen LogP contribution in [0.15, 0.2) is 24.4 Å². The second kappa shape index (κ2) is 5.18. The second-order valence-corrected chi connectivity index (χ2v) is 4.48. The van der Waals surface area contributed by atoms with E-state index in [1.165, 1.54) is 6.92 Å². The lowest BCUT2D eigenvalue weighted by atomic mass is 10.0. The number of ether oxygens (including phenoxy) is 1. The molecule has 0 fully saturated rings. The molecular weight excluding hydrogens is 240 g/mol. The molecule has 0 aliphatic heterocycles. The molecule has 98 valence electrons. The number of hydrogen-bond donors (Lipinski definition) is 0. The van der Waals surface area contributed by atoms with Gasteiger partial charge in [-0.15, -0.1) is 0 Å². The number of ketones is 1. The van der Waals surface area contributed by atoms with Crippen LogP contribution in [0.5, 0.6) is 5.75 Å². The molecule has 0 atom stereocenters. The number of nitrogens with zero attached hydrogens (tertiary/aromatic N) is 2. The van der Waals surface area contributed by atoms with Gasteiger partial charge in [0.25, 0.3) is 0 Å². The van der Waals surface area contributed by atoms with Crippen LogP contribution < -0.4 is 4.74 Å². The summed E-state index contributed by atoms with van der Waals surface area (Å²) < 4.78 is 5.44. The van der Waals surface area contributed by atoms with Crippen molar-refractivity contribution >= 4 is 5.78 Å². The normalized spacial score (nSPS) is 10.3. The second-order valence-electron chi connectivity index (χ2n) is 4.48. The Morgan fingerprint density at radius 2 is 2.00 bits per heavy atom. The first-order valence-corrected chi connectivity index (χ1v) is 6.02. The molecule has 4 heteroatoms. The lowest BCUT2D eigenvalue weighted by Crippen LogP contribution is -2.02. The lowest BCUT2D eigenvalue weighted by molar-refractivity contribution is 0.100. The summed E-state index contributed by atoms with van der Waals surface area (Å²) in [7, 11) is 1.63. The molecule has 0 amide bonds. The highest BCUT2D eigenvalue weighted by atomic mass is 16.5. The molecule has 1 aromatic carbocycles. The molecule has 0 unspecified atom stereocenters. The Balaban J connectivity index is 2.64. The van der Waals surface area contributed by atoms with Crippen LogP contribution in [0.25, 0.3) is 11.3 Å². The molecule has 2 rings (SSSR count). The molecule has 0 aliphatic rings. The third kappa shape index (κ3) is 2.62. The van der Waals surface area contributed by atoms with E-state index in [9.17, 15) is 4.79 Å². The van der Waals surface area contributed by atoms with Gasteiger partial charge in [0.15, 0.2) is 11.6 Å².